The Kier molecular flexibility index (Phi) is 6.44. The van der Waals surface area contributed by atoms with Crippen molar-refractivity contribution < 1.29 is 4.74 Å². The third kappa shape index (κ3) is 6.00. The second-order valence-corrected chi connectivity index (χ2v) is 5.45. The van der Waals surface area contributed by atoms with E-state index in [2.05, 4.69) is 15.2 Å². The summed E-state index contributed by atoms with van der Waals surface area (Å²) in [5.74, 6) is 1.24. The molecule has 0 unspecified atom stereocenters. The van der Waals surface area contributed by atoms with Crippen molar-refractivity contribution >= 4 is 11.6 Å². The summed E-state index contributed by atoms with van der Waals surface area (Å²) in [7, 11) is 4.05. The minimum Gasteiger partial charge on any atom is -0.492 e. The zero-order valence-electron chi connectivity index (χ0n) is 13.7. The Morgan fingerprint density at radius 1 is 1.09 bits per heavy atom. The summed E-state index contributed by atoms with van der Waals surface area (Å²) in [6.07, 6.45) is 0. The van der Waals surface area contributed by atoms with Gasteiger partial charge in [0.2, 0.25) is 0 Å². The molecule has 0 radical (unpaired) electrons. The maximum Gasteiger partial charge on any atom is 0.193 e. The van der Waals surface area contributed by atoms with Gasteiger partial charge in [0, 0.05) is 17.8 Å². The summed E-state index contributed by atoms with van der Waals surface area (Å²) in [6.45, 7) is 1.99. The summed E-state index contributed by atoms with van der Waals surface area (Å²) in [6, 6.07) is 17.6. The van der Waals surface area contributed by atoms with Crippen LogP contribution >= 0.6 is 0 Å². The molecule has 0 amide bonds. The van der Waals surface area contributed by atoms with Gasteiger partial charge in [-0.15, -0.1) is 0 Å². The van der Waals surface area contributed by atoms with Crippen molar-refractivity contribution in [2.24, 2.45) is 10.7 Å². The fraction of sp³-hybridized carbons (Fsp3) is 0.278. The number of ether oxygens (including phenoxy) is 1. The number of rotatable bonds is 7. The first-order valence-corrected chi connectivity index (χ1v) is 7.62. The van der Waals surface area contributed by atoms with Crippen LogP contribution in [0.2, 0.25) is 0 Å². The maximum absolute atomic E-state index is 5.93. The van der Waals surface area contributed by atoms with E-state index in [0.29, 0.717) is 19.1 Å². The Balaban J connectivity index is 1.95. The first-order chi connectivity index (χ1) is 11.1. The molecule has 0 heterocycles. The third-order valence-corrected chi connectivity index (χ3v) is 3.23. The van der Waals surface area contributed by atoms with Crippen molar-refractivity contribution in [3.8, 4) is 5.75 Å². The van der Waals surface area contributed by atoms with E-state index in [9.17, 15) is 0 Å². The normalized spacial score (nSPS) is 11.5. The number of benzene rings is 2. The van der Waals surface area contributed by atoms with E-state index in [1.807, 2.05) is 68.7 Å². The number of guanidine groups is 1. The first kappa shape index (κ1) is 16.8. The van der Waals surface area contributed by atoms with Gasteiger partial charge in [0.15, 0.2) is 5.96 Å². The van der Waals surface area contributed by atoms with Gasteiger partial charge < -0.3 is 20.7 Å². The second-order valence-electron chi connectivity index (χ2n) is 5.45. The van der Waals surface area contributed by atoms with Crippen molar-refractivity contribution in [3.63, 3.8) is 0 Å². The Morgan fingerprint density at radius 3 is 2.52 bits per heavy atom. The monoisotopic (exact) mass is 312 g/mol. The van der Waals surface area contributed by atoms with Gasteiger partial charge >= 0.3 is 0 Å². The highest BCUT2D eigenvalue weighted by atomic mass is 16.5. The van der Waals surface area contributed by atoms with Crippen LogP contribution in [0, 0.1) is 0 Å². The molecule has 0 saturated heterocycles. The van der Waals surface area contributed by atoms with Crippen LogP contribution in [-0.4, -0.2) is 38.1 Å². The lowest BCUT2D eigenvalue weighted by molar-refractivity contribution is 0.259. The van der Waals surface area contributed by atoms with E-state index in [0.717, 1.165) is 23.5 Å². The molecule has 2 rings (SSSR count). The average Bonchev–Trinajstić information content (AvgIpc) is 2.54. The molecule has 0 bridgehead atoms. The van der Waals surface area contributed by atoms with Crippen LogP contribution in [0.25, 0.3) is 0 Å². The molecule has 0 atom stereocenters. The molecule has 0 fully saturated rings. The summed E-state index contributed by atoms with van der Waals surface area (Å²) in [5, 5.41) is 3.07. The smallest absolute Gasteiger partial charge is 0.193 e. The molecule has 0 aliphatic carbocycles. The predicted molar refractivity (Wildman–Crippen MR) is 95.9 cm³/mol. The Morgan fingerprint density at radius 2 is 1.78 bits per heavy atom. The molecule has 0 aliphatic rings. The number of nitrogens with two attached hydrogens (primary N) is 1. The van der Waals surface area contributed by atoms with Crippen LogP contribution in [-0.2, 0) is 6.54 Å². The van der Waals surface area contributed by atoms with Gasteiger partial charge in [-0.1, -0.05) is 36.4 Å². The highest BCUT2D eigenvalue weighted by Crippen LogP contribution is 2.18. The van der Waals surface area contributed by atoms with Crippen molar-refractivity contribution in [2.75, 3.05) is 32.6 Å². The molecule has 0 aliphatic heterocycles. The minimum atomic E-state index is 0.388. The van der Waals surface area contributed by atoms with Crippen LogP contribution in [0.4, 0.5) is 5.69 Å². The number of hydrogen-bond donors (Lipinski definition) is 2. The van der Waals surface area contributed by atoms with Gasteiger partial charge in [-0.05, 0) is 32.3 Å². The molecule has 0 aromatic heterocycles. The Hall–Kier alpha value is -2.53. The van der Waals surface area contributed by atoms with Crippen molar-refractivity contribution in [1.82, 2.24) is 4.90 Å². The van der Waals surface area contributed by atoms with Gasteiger partial charge in [0.05, 0.1) is 6.54 Å². The highest BCUT2D eigenvalue weighted by Gasteiger charge is 2.03. The van der Waals surface area contributed by atoms with Gasteiger partial charge in [-0.25, -0.2) is 4.99 Å². The minimum absolute atomic E-state index is 0.388. The van der Waals surface area contributed by atoms with Gasteiger partial charge in [0.1, 0.15) is 12.4 Å². The predicted octanol–water partition coefficient (Wildman–Crippen LogP) is 2.55. The second kappa shape index (κ2) is 8.80. The van der Waals surface area contributed by atoms with Crippen LogP contribution in [0.3, 0.4) is 0 Å². The van der Waals surface area contributed by atoms with Gasteiger partial charge in [-0.3, -0.25) is 0 Å². The fourth-order valence-corrected chi connectivity index (χ4v) is 1.99. The molecular formula is C18H24N4O. The molecule has 0 spiro atoms. The van der Waals surface area contributed by atoms with Gasteiger partial charge in [-0.2, -0.15) is 0 Å². The lowest BCUT2D eigenvalue weighted by Gasteiger charge is -2.13. The van der Waals surface area contributed by atoms with Crippen molar-refractivity contribution in [2.45, 2.75) is 6.54 Å². The topological polar surface area (TPSA) is 62.9 Å². The quantitative estimate of drug-likeness (QED) is 0.609. The van der Waals surface area contributed by atoms with E-state index >= 15 is 0 Å². The Bertz CT molecular complexity index is 626. The van der Waals surface area contributed by atoms with Crippen molar-refractivity contribution in [1.29, 1.82) is 0 Å². The molecule has 122 valence electrons. The fourth-order valence-electron chi connectivity index (χ4n) is 1.99. The van der Waals surface area contributed by atoms with E-state index in [4.69, 9.17) is 10.5 Å². The third-order valence-electron chi connectivity index (χ3n) is 3.23. The number of likely N-dealkylation sites (N-methyl/N-ethyl adjacent to an activating group) is 1. The number of nitrogens with zero attached hydrogens (tertiary/aromatic N) is 2. The van der Waals surface area contributed by atoms with Crippen LogP contribution < -0.4 is 15.8 Å². The summed E-state index contributed by atoms with van der Waals surface area (Å²) in [5.41, 5.74) is 7.87. The number of hydrogen-bond acceptors (Lipinski definition) is 3. The van der Waals surface area contributed by atoms with Crippen LogP contribution in [0.5, 0.6) is 5.75 Å². The molecule has 23 heavy (non-hydrogen) atoms. The lowest BCUT2D eigenvalue weighted by atomic mass is 10.2. The van der Waals surface area contributed by atoms with Crippen LogP contribution in [0.15, 0.2) is 59.6 Å². The molecule has 3 N–H and O–H groups in total. The van der Waals surface area contributed by atoms with Crippen LogP contribution in [0.1, 0.15) is 5.56 Å². The number of aliphatic imine (C=N–C) groups is 1. The van der Waals surface area contributed by atoms with E-state index in [-0.39, 0.29) is 0 Å². The first-order valence-electron chi connectivity index (χ1n) is 7.62. The molecular weight excluding hydrogens is 288 g/mol. The van der Waals surface area contributed by atoms with Crippen molar-refractivity contribution in [3.05, 3.63) is 60.2 Å². The largest absolute Gasteiger partial charge is 0.492 e. The van der Waals surface area contributed by atoms with E-state index in [1.54, 1.807) is 0 Å². The zero-order chi connectivity index (χ0) is 16.5. The lowest BCUT2D eigenvalue weighted by Crippen LogP contribution is -2.22. The number of para-hydroxylation sites is 2. The summed E-state index contributed by atoms with van der Waals surface area (Å²) in [4.78, 5) is 6.47. The van der Waals surface area contributed by atoms with E-state index in [1.165, 1.54) is 0 Å². The van der Waals surface area contributed by atoms with E-state index < -0.39 is 0 Å². The standard InChI is InChI=1S/C18H24N4O/c1-22(2)12-13-23-17-11-7-6-8-15(17)14-20-18(19)21-16-9-4-3-5-10-16/h3-11H,12-14H2,1-2H3,(H3,19,20,21). The molecule has 5 nitrogen and oxygen atoms in total. The molecule has 5 heteroatoms. The SMILES string of the molecule is CN(C)CCOc1ccccc1CN=C(N)Nc1ccccc1. The average molecular weight is 312 g/mol. The molecule has 2 aromatic carbocycles. The number of anilines is 1. The summed E-state index contributed by atoms with van der Waals surface area (Å²) >= 11 is 0. The molecule has 0 saturated carbocycles. The number of nitrogens with one attached hydrogen (secondary N) is 1. The summed E-state index contributed by atoms with van der Waals surface area (Å²) < 4.78 is 5.83. The maximum atomic E-state index is 5.93. The van der Waals surface area contributed by atoms with Gasteiger partial charge in [0.25, 0.3) is 0 Å². The highest BCUT2D eigenvalue weighted by molar-refractivity contribution is 5.92. The molecule has 2 aromatic rings. The zero-order valence-corrected chi connectivity index (χ0v) is 13.7. The Labute approximate surface area is 137 Å².